The van der Waals surface area contributed by atoms with E-state index in [1.54, 1.807) is 45.2 Å². The normalized spacial score (nSPS) is 15.4. The van der Waals surface area contributed by atoms with Gasteiger partial charge in [0.15, 0.2) is 17.0 Å². The summed E-state index contributed by atoms with van der Waals surface area (Å²) in [6.07, 6.45) is 2.77. The molecule has 0 aliphatic carbocycles. The molecule has 0 radical (unpaired) electrons. The first kappa shape index (κ1) is 30.3. The molecular formula is C28H38N2O5S2. The van der Waals surface area contributed by atoms with Gasteiger partial charge in [-0.2, -0.15) is 0 Å². The van der Waals surface area contributed by atoms with Crippen LogP contribution in [-0.4, -0.2) is 38.5 Å². The number of allylic oxidation sites excluding steroid dienone is 4. The van der Waals surface area contributed by atoms with E-state index in [0.29, 0.717) is 17.3 Å². The van der Waals surface area contributed by atoms with Gasteiger partial charge in [0, 0.05) is 21.4 Å². The van der Waals surface area contributed by atoms with Crippen LogP contribution in [0.1, 0.15) is 46.3 Å². The average molecular weight is 547 g/mol. The Morgan fingerprint density at radius 2 is 1.76 bits per heavy atom. The average Bonchev–Trinajstić information content (AvgIpc) is 3.31. The van der Waals surface area contributed by atoms with Crippen molar-refractivity contribution in [3.63, 3.8) is 0 Å². The molecule has 3 rings (SSSR count). The van der Waals surface area contributed by atoms with Gasteiger partial charge in [0.1, 0.15) is 0 Å². The zero-order valence-corrected chi connectivity index (χ0v) is 24.5. The van der Waals surface area contributed by atoms with Gasteiger partial charge < -0.3 is 29.6 Å². The molecule has 2 unspecified atom stereocenters. The minimum absolute atomic E-state index is 0.249. The fraction of sp³-hybridized carbons (Fsp3) is 0.393. The van der Waals surface area contributed by atoms with Crippen molar-refractivity contribution in [2.45, 2.75) is 56.0 Å². The molecule has 1 aliphatic rings. The van der Waals surface area contributed by atoms with Crippen LogP contribution in [0.5, 0.6) is 11.5 Å². The quantitative estimate of drug-likeness (QED) is 0.178. The first-order chi connectivity index (χ1) is 17.9. The van der Waals surface area contributed by atoms with Crippen LogP contribution in [0.4, 0.5) is 5.69 Å². The van der Waals surface area contributed by atoms with Crippen LogP contribution in [-0.2, 0) is 14.3 Å². The van der Waals surface area contributed by atoms with Crippen molar-refractivity contribution in [1.29, 1.82) is 0 Å². The fourth-order valence-corrected chi connectivity index (χ4v) is 5.14. The number of ether oxygens (including phenoxy) is 4. The van der Waals surface area contributed by atoms with Gasteiger partial charge in [-0.1, -0.05) is 44.7 Å². The predicted octanol–water partition coefficient (Wildman–Crippen LogP) is 6.97. The largest absolute Gasteiger partial charge is 0.501 e. The third-order valence-electron chi connectivity index (χ3n) is 5.18. The summed E-state index contributed by atoms with van der Waals surface area (Å²) in [6.45, 7) is 9.77. The molecule has 1 amide bonds. The van der Waals surface area contributed by atoms with E-state index in [1.165, 1.54) is 11.8 Å². The number of carbonyl (C=O) groups excluding carboxylic acids is 1. The minimum Gasteiger partial charge on any atom is -0.501 e. The maximum Gasteiger partial charge on any atom is 0.268 e. The van der Waals surface area contributed by atoms with Gasteiger partial charge in [-0.05, 0) is 50.0 Å². The smallest absolute Gasteiger partial charge is 0.268 e. The second-order valence-corrected chi connectivity index (χ2v) is 10.1. The van der Waals surface area contributed by atoms with Crippen molar-refractivity contribution in [1.82, 2.24) is 5.32 Å². The lowest BCUT2D eigenvalue weighted by Gasteiger charge is -2.22. The zero-order valence-electron chi connectivity index (χ0n) is 22.8. The highest BCUT2D eigenvalue weighted by molar-refractivity contribution is 8.00. The van der Waals surface area contributed by atoms with Gasteiger partial charge in [-0.3, -0.25) is 4.79 Å². The molecule has 1 aliphatic heterocycles. The lowest BCUT2D eigenvalue weighted by atomic mass is 10.1. The highest BCUT2D eigenvalue weighted by atomic mass is 32.2. The number of fused-ring (bicyclic) bond motifs is 1. The molecule has 9 heteroatoms. The highest BCUT2D eigenvalue weighted by Gasteiger charge is 2.30. The number of rotatable bonds is 11. The number of benzene rings is 2. The second-order valence-electron chi connectivity index (χ2n) is 7.62. The number of amides is 1. The molecular weight excluding hydrogens is 508 g/mol. The highest BCUT2D eigenvalue weighted by Crippen LogP contribution is 2.44. The van der Waals surface area contributed by atoms with Crippen LogP contribution < -0.4 is 20.1 Å². The van der Waals surface area contributed by atoms with E-state index in [2.05, 4.69) is 17.6 Å². The molecule has 0 fully saturated rings. The number of anilines is 1. The summed E-state index contributed by atoms with van der Waals surface area (Å²) >= 11 is 3.21. The van der Waals surface area contributed by atoms with Gasteiger partial charge in [-0.15, -0.1) is 11.8 Å². The number of methoxy groups -OCH3 is 3. The fourth-order valence-electron chi connectivity index (χ4n) is 3.37. The Kier molecular flexibility index (Phi) is 12.6. The molecule has 2 aromatic rings. The van der Waals surface area contributed by atoms with Crippen LogP contribution in [0, 0.1) is 0 Å². The summed E-state index contributed by atoms with van der Waals surface area (Å²) in [5.74, 6) is 3.29. The van der Waals surface area contributed by atoms with Crippen LogP contribution in [0.15, 0.2) is 69.9 Å². The second kappa shape index (κ2) is 15.4. The van der Waals surface area contributed by atoms with E-state index >= 15 is 0 Å². The molecule has 202 valence electrons. The van der Waals surface area contributed by atoms with E-state index in [1.807, 2.05) is 64.1 Å². The Hall–Kier alpha value is -2.91. The van der Waals surface area contributed by atoms with Crippen molar-refractivity contribution in [2.75, 3.05) is 32.4 Å². The van der Waals surface area contributed by atoms with Crippen molar-refractivity contribution in [3.8, 4) is 11.5 Å². The predicted molar refractivity (Wildman–Crippen MR) is 153 cm³/mol. The Morgan fingerprint density at radius 3 is 2.41 bits per heavy atom. The maximum atomic E-state index is 13.5. The van der Waals surface area contributed by atoms with E-state index in [9.17, 15) is 4.79 Å². The minimum atomic E-state index is -0.824. The van der Waals surface area contributed by atoms with Crippen molar-refractivity contribution in [2.24, 2.45) is 0 Å². The lowest BCUT2D eigenvalue weighted by molar-refractivity contribution is -0.130. The monoisotopic (exact) mass is 546 g/mol. The molecule has 0 spiro atoms. The summed E-state index contributed by atoms with van der Waals surface area (Å²) in [4.78, 5) is 15.5. The summed E-state index contributed by atoms with van der Waals surface area (Å²) in [7, 11) is 4.80. The molecule has 0 saturated carbocycles. The summed E-state index contributed by atoms with van der Waals surface area (Å²) in [5.41, 5.74) is 1.28. The summed E-state index contributed by atoms with van der Waals surface area (Å²) < 4.78 is 22.1. The van der Waals surface area contributed by atoms with E-state index < -0.39 is 6.10 Å². The molecule has 0 bridgehead atoms. The molecule has 2 N–H and O–H groups in total. The Balaban J connectivity index is 0.00000235. The number of carbonyl (C=O) groups is 1. The first-order valence-electron chi connectivity index (χ1n) is 12.2. The molecule has 7 nitrogen and oxygen atoms in total. The van der Waals surface area contributed by atoms with Crippen LogP contribution in [0.2, 0.25) is 0 Å². The Morgan fingerprint density at radius 1 is 1.08 bits per heavy atom. The van der Waals surface area contributed by atoms with Gasteiger partial charge in [0.2, 0.25) is 6.10 Å². The van der Waals surface area contributed by atoms with Crippen molar-refractivity contribution in [3.05, 3.63) is 65.6 Å². The van der Waals surface area contributed by atoms with Gasteiger partial charge >= 0.3 is 0 Å². The topological polar surface area (TPSA) is 78.1 Å². The van der Waals surface area contributed by atoms with Crippen LogP contribution in [0.3, 0.4) is 0 Å². The number of thioether (sulfide) groups is 2. The summed E-state index contributed by atoms with van der Waals surface area (Å²) in [5, 5.41) is 6.39. The standard InChI is InChI=1S/C26H32N2O5S2.C2H6/c1-7-34-19-10-8-9-18(13-19)24(33-17(3)12-11-16(2)30-4)25(29)28-26-27-20-14-21(31-5)22(32-6)15-23(20)35-26;1-2/h8-15,24,26-27H,7H2,1-6H3,(H,28,29);1-2H3/b16-11+,17-12+;. The third-order valence-corrected chi connectivity index (χ3v) is 7.12. The van der Waals surface area contributed by atoms with Gasteiger partial charge in [0.05, 0.1) is 38.5 Å². The molecule has 2 aromatic carbocycles. The van der Waals surface area contributed by atoms with Crippen LogP contribution in [0.25, 0.3) is 0 Å². The van der Waals surface area contributed by atoms with Gasteiger partial charge in [0.25, 0.3) is 5.91 Å². The first-order valence-corrected chi connectivity index (χ1v) is 14.0. The molecule has 2 atom stereocenters. The Labute approximate surface area is 229 Å². The number of hydrogen-bond acceptors (Lipinski definition) is 8. The number of hydrogen-bond donors (Lipinski definition) is 2. The Bertz CT molecular complexity index is 1070. The van der Waals surface area contributed by atoms with E-state index in [-0.39, 0.29) is 11.4 Å². The maximum absolute atomic E-state index is 13.5. The SMILES string of the molecule is CC.CCSc1cccc(C(O/C(C)=C/C=C(\C)OC)C(=O)NC2Nc3cc(OC)c(OC)cc3S2)c1. The molecule has 37 heavy (non-hydrogen) atoms. The van der Waals surface area contributed by atoms with Gasteiger partial charge in [-0.25, -0.2) is 0 Å². The van der Waals surface area contributed by atoms with E-state index in [0.717, 1.165) is 32.6 Å². The molecule has 1 heterocycles. The zero-order chi connectivity index (χ0) is 27.4. The van der Waals surface area contributed by atoms with E-state index in [4.69, 9.17) is 18.9 Å². The summed E-state index contributed by atoms with van der Waals surface area (Å²) in [6, 6.07) is 11.7. The molecule has 0 saturated heterocycles. The number of nitrogens with one attached hydrogen (secondary N) is 2. The van der Waals surface area contributed by atoms with Crippen LogP contribution >= 0.6 is 23.5 Å². The van der Waals surface area contributed by atoms with Crippen molar-refractivity contribution < 1.29 is 23.7 Å². The molecule has 0 aromatic heterocycles. The third kappa shape index (κ3) is 8.57. The lowest BCUT2D eigenvalue weighted by Crippen LogP contribution is -2.39. The van der Waals surface area contributed by atoms with Crippen molar-refractivity contribution >= 4 is 35.1 Å².